The van der Waals surface area contributed by atoms with Crippen LogP contribution in [-0.4, -0.2) is 15.9 Å². The van der Waals surface area contributed by atoms with Crippen LogP contribution in [-0.2, 0) is 6.18 Å². The molecule has 1 aromatic heterocycles. The summed E-state index contributed by atoms with van der Waals surface area (Å²) < 4.78 is 56.8. The van der Waals surface area contributed by atoms with Gasteiger partial charge in [-0.15, -0.1) is 0 Å². The van der Waals surface area contributed by atoms with Crippen LogP contribution in [0.1, 0.15) is 15.9 Å². The standard InChI is InChI=1S/C18H11F4N3O2/c19-13-6-4-11(5-7-13)16(26)25-15-9-23-10-24-17(15)27-14-3-1-2-12(8-14)18(20,21)22/h1-10H,(H,25,26). The van der Waals surface area contributed by atoms with E-state index < -0.39 is 23.5 Å². The first-order valence-corrected chi connectivity index (χ1v) is 7.55. The number of amides is 1. The number of rotatable bonds is 4. The Morgan fingerprint density at radius 3 is 2.52 bits per heavy atom. The zero-order valence-electron chi connectivity index (χ0n) is 13.5. The lowest BCUT2D eigenvalue weighted by Crippen LogP contribution is -2.13. The van der Waals surface area contributed by atoms with E-state index in [1.165, 1.54) is 30.5 Å². The van der Waals surface area contributed by atoms with Crippen molar-refractivity contribution in [3.8, 4) is 11.6 Å². The smallest absolute Gasteiger partial charge is 0.416 e. The predicted molar refractivity (Wildman–Crippen MR) is 87.9 cm³/mol. The van der Waals surface area contributed by atoms with Crippen molar-refractivity contribution in [3.05, 3.63) is 78.0 Å². The van der Waals surface area contributed by atoms with Gasteiger partial charge in [-0.25, -0.2) is 9.37 Å². The molecule has 5 nitrogen and oxygen atoms in total. The van der Waals surface area contributed by atoms with Gasteiger partial charge < -0.3 is 10.1 Å². The highest BCUT2D eigenvalue weighted by atomic mass is 19.4. The van der Waals surface area contributed by atoms with Gasteiger partial charge in [0.2, 0.25) is 5.88 Å². The van der Waals surface area contributed by atoms with Crippen molar-refractivity contribution in [1.29, 1.82) is 0 Å². The molecule has 9 heteroatoms. The lowest BCUT2D eigenvalue weighted by Gasteiger charge is -2.12. The van der Waals surface area contributed by atoms with E-state index in [0.717, 1.165) is 30.6 Å². The van der Waals surface area contributed by atoms with Gasteiger partial charge in [0.05, 0.1) is 11.8 Å². The molecule has 0 aliphatic heterocycles. The molecule has 27 heavy (non-hydrogen) atoms. The normalized spacial score (nSPS) is 11.1. The monoisotopic (exact) mass is 377 g/mol. The van der Waals surface area contributed by atoms with E-state index in [0.29, 0.717) is 0 Å². The molecular formula is C18H11F4N3O2. The second-order valence-electron chi connectivity index (χ2n) is 5.33. The summed E-state index contributed by atoms with van der Waals surface area (Å²) >= 11 is 0. The molecule has 138 valence electrons. The number of halogens is 4. The number of carbonyl (C=O) groups excluding carboxylic acids is 1. The van der Waals surface area contributed by atoms with Crippen LogP contribution in [0.2, 0.25) is 0 Å². The van der Waals surface area contributed by atoms with Crippen LogP contribution in [0, 0.1) is 5.82 Å². The van der Waals surface area contributed by atoms with Gasteiger partial charge in [0.1, 0.15) is 23.6 Å². The van der Waals surface area contributed by atoms with E-state index >= 15 is 0 Å². The number of benzene rings is 2. The minimum absolute atomic E-state index is 0.0456. The molecule has 3 aromatic rings. The summed E-state index contributed by atoms with van der Waals surface area (Å²) in [5.74, 6) is -1.33. The number of hydrogen-bond acceptors (Lipinski definition) is 4. The Morgan fingerprint density at radius 1 is 1.07 bits per heavy atom. The molecule has 1 N–H and O–H groups in total. The van der Waals surface area contributed by atoms with Crippen LogP contribution < -0.4 is 10.1 Å². The summed E-state index contributed by atoms with van der Waals surface area (Å²) in [5, 5.41) is 2.48. The average molecular weight is 377 g/mol. The van der Waals surface area contributed by atoms with Crippen LogP contribution in [0.15, 0.2) is 61.1 Å². The van der Waals surface area contributed by atoms with Gasteiger partial charge >= 0.3 is 6.18 Å². The van der Waals surface area contributed by atoms with Crippen molar-refractivity contribution >= 4 is 11.6 Å². The van der Waals surface area contributed by atoms with Crippen molar-refractivity contribution in [3.63, 3.8) is 0 Å². The second-order valence-corrected chi connectivity index (χ2v) is 5.33. The quantitative estimate of drug-likeness (QED) is 0.671. The minimum Gasteiger partial charge on any atom is -0.437 e. The molecule has 0 saturated heterocycles. The number of hydrogen-bond donors (Lipinski definition) is 1. The fourth-order valence-corrected chi connectivity index (χ4v) is 2.13. The van der Waals surface area contributed by atoms with Crippen molar-refractivity contribution in [2.75, 3.05) is 5.32 Å². The largest absolute Gasteiger partial charge is 0.437 e. The first kappa shape index (κ1) is 18.3. The summed E-state index contributed by atoms with van der Waals surface area (Å²) in [6.45, 7) is 0. The molecule has 3 rings (SSSR count). The van der Waals surface area contributed by atoms with Gasteiger partial charge in [0.15, 0.2) is 0 Å². The van der Waals surface area contributed by atoms with Crippen LogP contribution >= 0.6 is 0 Å². The summed E-state index contributed by atoms with van der Waals surface area (Å²) in [6, 6.07) is 9.04. The highest BCUT2D eigenvalue weighted by molar-refractivity contribution is 6.04. The molecule has 0 aliphatic carbocycles. The van der Waals surface area contributed by atoms with Gasteiger partial charge in [-0.05, 0) is 42.5 Å². The number of aromatic nitrogens is 2. The first-order chi connectivity index (χ1) is 12.8. The van der Waals surface area contributed by atoms with Crippen molar-refractivity contribution in [1.82, 2.24) is 9.97 Å². The van der Waals surface area contributed by atoms with E-state index in [9.17, 15) is 22.4 Å². The van der Waals surface area contributed by atoms with Crippen molar-refractivity contribution in [2.45, 2.75) is 6.18 Å². The Morgan fingerprint density at radius 2 is 1.81 bits per heavy atom. The maximum absolute atomic E-state index is 12.9. The molecular weight excluding hydrogens is 366 g/mol. The van der Waals surface area contributed by atoms with Crippen LogP contribution in [0.3, 0.4) is 0 Å². The number of ether oxygens (including phenoxy) is 1. The Bertz CT molecular complexity index is 959. The first-order valence-electron chi connectivity index (χ1n) is 7.55. The summed E-state index contributed by atoms with van der Waals surface area (Å²) in [5.41, 5.74) is -0.666. The van der Waals surface area contributed by atoms with Gasteiger partial charge in [-0.3, -0.25) is 4.79 Å². The minimum atomic E-state index is -4.52. The molecule has 0 saturated carbocycles. The Balaban J connectivity index is 1.82. The number of nitrogens with zero attached hydrogens (tertiary/aromatic N) is 2. The van der Waals surface area contributed by atoms with E-state index in [1.54, 1.807) is 0 Å². The van der Waals surface area contributed by atoms with Gasteiger partial charge in [0, 0.05) is 5.56 Å². The van der Waals surface area contributed by atoms with E-state index in [2.05, 4.69) is 15.3 Å². The van der Waals surface area contributed by atoms with E-state index in [4.69, 9.17) is 4.74 Å². The average Bonchev–Trinajstić information content (AvgIpc) is 2.63. The summed E-state index contributed by atoms with van der Waals surface area (Å²) in [6.07, 6.45) is -2.17. The maximum Gasteiger partial charge on any atom is 0.416 e. The number of carbonyl (C=O) groups is 1. The molecule has 0 bridgehead atoms. The molecule has 1 amide bonds. The van der Waals surface area contributed by atoms with Crippen LogP contribution in [0.5, 0.6) is 11.6 Å². The number of anilines is 1. The lowest BCUT2D eigenvalue weighted by molar-refractivity contribution is -0.137. The van der Waals surface area contributed by atoms with Crippen molar-refractivity contribution in [2.24, 2.45) is 0 Å². The third kappa shape index (κ3) is 4.57. The van der Waals surface area contributed by atoms with Gasteiger partial charge in [0.25, 0.3) is 5.91 Å². The van der Waals surface area contributed by atoms with Crippen molar-refractivity contribution < 1.29 is 27.1 Å². The molecule has 0 spiro atoms. The number of alkyl halides is 3. The molecule has 0 unspecified atom stereocenters. The van der Waals surface area contributed by atoms with Gasteiger partial charge in [-0.1, -0.05) is 6.07 Å². The van der Waals surface area contributed by atoms with Crippen LogP contribution in [0.25, 0.3) is 0 Å². The zero-order valence-corrected chi connectivity index (χ0v) is 13.5. The maximum atomic E-state index is 12.9. The summed E-state index contributed by atoms with van der Waals surface area (Å²) in [4.78, 5) is 19.8. The molecule has 0 radical (unpaired) electrons. The third-order valence-electron chi connectivity index (χ3n) is 3.41. The highest BCUT2D eigenvalue weighted by Crippen LogP contribution is 2.33. The SMILES string of the molecule is O=C(Nc1cncnc1Oc1cccc(C(F)(F)F)c1)c1ccc(F)cc1. The highest BCUT2D eigenvalue weighted by Gasteiger charge is 2.30. The predicted octanol–water partition coefficient (Wildman–Crippen LogP) is 4.68. The molecule has 0 fully saturated rings. The molecule has 0 atom stereocenters. The summed E-state index contributed by atoms with van der Waals surface area (Å²) in [7, 11) is 0. The van der Waals surface area contributed by atoms with E-state index in [-0.39, 0.29) is 22.9 Å². The second kappa shape index (κ2) is 7.40. The fraction of sp³-hybridized carbons (Fsp3) is 0.0556. The fourth-order valence-electron chi connectivity index (χ4n) is 2.13. The number of nitrogens with one attached hydrogen (secondary N) is 1. The molecule has 1 heterocycles. The lowest BCUT2D eigenvalue weighted by atomic mass is 10.2. The Kier molecular flexibility index (Phi) is 5.02. The topological polar surface area (TPSA) is 64.1 Å². The Labute approximate surface area is 150 Å². The Hall–Kier alpha value is -3.49. The van der Waals surface area contributed by atoms with E-state index in [1.807, 2.05) is 0 Å². The van der Waals surface area contributed by atoms with Crippen LogP contribution in [0.4, 0.5) is 23.2 Å². The van der Waals surface area contributed by atoms with Gasteiger partial charge in [-0.2, -0.15) is 18.2 Å². The molecule has 0 aliphatic rings. The third-order valence-corrected chi connectivity index (χ3v) is 3.41. The molecule has 2 aromatic carbocycles. The zero-order chi connectivity index (χ0) is 19.4.